The largest absolute Gasteiger partial charge is 0.369 e. The molecule has 5 rings (SSSR count). The minimum atomic E-state index is -0.469. The average Bonchev–Trinajstić information content (AvgIpc) is 3.25. The molecule has 1 N–H and O–H groups in total. The highest BCUT2D eigenvalue weighted by Crippen LogP contribution is 2.37. The maximum atomic E-state index is 14.0. The third kappa shape index (κ3) is 3.60. The Morgan fingerprint density at radius 1 is 0.933 bits per heavy atom. The summed E-state index contributed by atoms with van der Waals surface area (Å²) in [6.45, 7) is 3.82. The number of aromatic amines is 1. The molecule has 0 bridgehead atoms. The summed E-state index contributed by atoms with van der Waals surface area (Å²) in [4.78, 5) is 20.2. The van der Waals surface area contributed by atoms with Crippen LogP contribution in [0.2, 0.25) is 0 Å². The van der Waals surface area contributed by atoms with Gasteiger partial charge in [-0.05, 0) is 61.0 Å². The second kappa shape index (κ2) is 7.84. The van der Waals surface area contributed by atoms with Crippen LogP contribution in [0, 0.1) is 11.6 Å². The second-order valence-corrected chi connectivity index (χ2v) is 8.42. The number of anilines is 1. The molecule has 0 unspecified atom stereocenters. The smallest absolute Gasteiger partial charge is 0.259 e. The molecule has 2 aliphatic rings. The van der Waals surface area contributed by atoms with E-state index in [0.29, 0.717) is 17.3 Å². The van der Waals surface area contributed by atoms with Gasteiger partial charge in [0.05, 0.1) is 5.39 Å². The van der Waals surface area contributed by atoms with Crippen LogP contribution in [0.15, 0.2) is 53.3 Å². The first kappa shape index (κ1) is 19.2. The van der Waals surface area contributed by atoms with Crippen molar-refractivity contribution in [1.29, 1.82) is 0 Å². The third-order valence-corrected chi connectivity index (χ3v) is 6.71. The van der Waals surface area contributed by atoms with Crippen molar-refractivity contribution in [2.75, 3.05) is 31.1 Å². The van der Waals surface area contributed by atoms with Crippen molar-refractivity contribution in [3.8, 4) is 0 Å². The highest BCUT2D eigenvalue weighted by Gasteiger charge is 2.32. The Bertz CT molecular complexity index is 1100. The lowest BCUT2D eigenvalue weighted by Crippen LogP contribution is -2.49. The predicted molar refractivity (Wildman–Crippen MR) is 115 cm³/mol. The van der Waals surface area contributed by atoms with Crippen LogP contribution in [0.25, 0.3) is 10.8 Å². The summed E-state index contributed by atoms with van der Waals surface area (Å²) in [5.74, 6) is -0.377. The van der Waals surface area contributed by atoms with Crippen LogP contribution in [0.4, 0.5) is 14.5 Å². The van der Waals surface area contributed by atoms with E-state index in [-0.39, 0.29) is 16.8 Å². The molecule has 0 spiro atoms. The van der Waals surface area contributed by atoms with Crippen LogP contribution < -0.4 is 10.5 Å². The summed E-state index contributed by atoms with van der Waals surface area (Å²) in [7, 11) is 0. The fourth-order valence-corrected chi connectivity index (χ4v) is 5.09. The standard InChI is InChI=1S/C24H25F2N3O/c25-18-5-8-19(9-6-18)28-10-12-29(13-11-28)20-7-4-16(14-20)22-15-17-2-1-3-21(26)23(17)24(30)27-22/h1-3,5-6,8-9,15-16,20H,4,7,10-14H2,(H,27,30)/t16-,20-/m1/s1. The molecule has 4 nitrogen and oxygen atoms in total. The van der Waals surface area contributed by atoms with Gasteiger partial charge in [-0.25, -0.2) is 8.78 Å². The molecule has 1 aromatic heterocycles. The van der Waals surface area contributed by atoms with Gasteiger partial charge in [0.25, 0.3) is 5.56 Å². The normalized spacial score (nSPS) is 22.7. The summed E-state index contributed by atoms with van der Waals surface area (Å²) < 4.78 is 27.1. The van der Waals surface area contributed by atoms with Crippen molar-refractivity contribution in [3.05, 3.63) is 76.2 Å². The zero-order valence-corrected chi connectivity index (χ0v) is 16.8. The summed E-state index contributed by atoms with van der Waals surface area (Å²) in [5.41, 5.74) is 1.66. The highest BCUT2D eigenvalue weighted by atomic mass is 19.1. The molecular formula is C24H25F2N3O. The molecule has 30 heavy (non-hydrogen) atoms. The highest BCUT2D eigenvalue weighted by molar-refractivity contribution is 5.82. The zero-order valence-electron chi connectivity index (χ0n) is 16.8. The van der Waals surface area contributed by atoms with Gasteiger partial charge in [-0.1, -0.05) is 12.1 Å². The summed E-state index contributed by atoms with van der Waals surface area (Å²) in [6.07, 6.45) is 3.14. The number of benzene rings is 2. The quantitative estimate of drug-likeness (QED) is 0.703. The number of rotatable bonds is 3. The fraction of sp³-hybridized carbons (Fsp3) is 0.375. The van der Waals surface area contributed by atoms with Crippen molar-refractivity contribution in [2.24, 2.45) is 0 Å². The summed E-state index contributed by atoms with van der Waals surface area (Å²) in [5, 5.41) is 0.817. The molecule has 6 heteroatoms. The van der Waals surface area contributed by atoms with Crippen molar-refractivity contribution < 1.29 is 8.78 Å². The Labute approximate surface area is 174 Å². The van der Waals surface area contributed by atoms with Crippen LogP contribution in [0.3, 0.4) is 0 Å². The maximum absolute atomic E-state index is 14.0. The predicted octanol–water partition coefficient (Wildman–Crippen LogP) is 4.26. The minimum Gasteiger partial charge on any atom is -0.369 e. The van der Waals surface area contributed by atoms with Crippen molar-refractivity contribution in [3.63, 3.8) is 0 Å². The number of hydrogen-bond acceptors (Lipinski definition) is 3. The van der Waals surface area contributed by atoms with Crippen LogP contribution in [-0.4, -0.2) is 42.1 Å². The van der Waals surface area contributed by atoms with Gasteiger partial charge in [-0.15, -0.1) is 0 Å². The third-order valence-electron chi connectivity index (χ3n) is 6.71. The Kier molecular flexibility index (Phi) is 5.03. The lowest BCUT2D eigenvalue weighted by molar-refractivity contribution is 0.186. The maximum Gasteiger partial charge on any atom is 0.259 e. The van der Waals surface area contributed by atoms with E-state index < -0.39 is 5.82 Å². The van der Waals surface area contributed by atoms with Crippen LogP contribution >= 0.6 is 0 Å². The number of fused-ring (bicyclic) bond motifs is 1. The number of pyridine rings is 1. The molecule has 1 saturated heterocycles. The van der Waals surface area contributed by atoms with E-state index in [1.807, 2.05) is 18.2 Å². The molecule has 3 aromatic rings. The first-order chi connectivity index (χ1) is 14.6. The molecule has 156 valence electrons. The Balaban J connectivity index is 1.25. The molecule has 0 amide bonds. The number of halogens is 2. The summed E-state index contributed by atoms with van der Waals surface area (Å²) >= 11 is 0. The number of nitrogens with one attached hydrogen (secondary N) is 1. The zero-order chi connectivity index (χ0) is 20.7. The van der Waals surface area contributed by atoms with Crippen molar-refractivity contribution in [1.82, 2.24) is 9.88 Å². The Hall–Kier alpha value is -2.73. The SMILES string of the molecule is O=c1[nH]c([C@@H]2CC[C@@H](N3CCN(c4ccc(F)cc4)CC3)C2)cc2cccc(F)c12. The number of aromatic nitrogens is 1. The van der Waals surface area contributed by atoms with Gasteiger partial charge < -0.3 is 9.88 Å². The Morgan fingerprint density at radius 2 is 1.70 bits per heavy atom. The minimum absolute atomic E-state index is 0.146. The van der Waals surface area contributed by atoms with Crippen LogP contribution in [0.5, 0.6) is 0 Å². The van der Waals surface area contributed by atoms with Gasteiger partial charge in [0.15, 0.2) is 0 Å². The lowest BCUT2D eigenvalue weighted by Gasteiger charge is -2.39. The van der Waals surface area contributed by atoms with Gasteiger partial charge in [-0.2, -0.15) is 0 Å². The molecular weight excluding hydrogens is 384 g/mol. The van der Waals surface area contributed by atoms with E-state index >= 15 is 0 Å². The second-order valence-electron chi connectivity index (χ2n) is 8.42. The number of H-pyrrole nitrogens is 1. The van der Waals surface area contributed by atoms with E-state index in [9.17, 15) is 13.6 Å². The van der Waals surface area contributed by atoms with E-state index in [0.717, 1.165) is 56.8 Å². The molecule has 1 aliphatic carbocycles. The molecule has 2 fully saturated rings. The monoisotopic (exact) mass is 409 g/mol. The first-order valence-corrected chi connectivity index (χ1v) is 10.6. The first-order valence-electron chi connectivity index (χ1n) is 10.6. The molecule has 2 aromatic carbocycles. The van der Waals surface area contributed by atoms with E-state index in [2.05, 4.69) is 14.8 Å². The molecule has 1 aliphatic heterocycles. The molecule has 2 atom stereocenters. The molecule has 2 heterocycles. The van der Waals surface area contributed by atoms with Gasteiger partial charge in [0.2, 0.25) is 0 Å². The fourth-order valence-electron chi connectivity index (χ4n) is 5.09. The van der Waals surface area contributed by atoms with E-state index in [1.54, 1.807) is 12.1 Å². The van der Waals surface area contributed by atoms with Crippen molar-refractivity contribution in [2.45, 2.75) is 31.2 Å². The van der Waals surface area contributed by atoms with Crippen LogP contribution in [0.1, 0.15) is 30.9 Å². The average molecular weight is 409 g/mol. The van der Waals surface area contributed by atoms with Gasteiger partial charge in [0.1, 0.15) is 11.6 Å². The van der Waals surface area contributed by atoms with E-state index in [1.165, 1.54) is 18.2 Å². The number of piperazine rings is 1. The Morgan fingerprint density at radius 3 is 2.47 bits per heavy atom. The van der Waals surface area contributed by atoms with Crippen LogP contribution in [-0.2, 0) is 0 Å². The molecule has 0 radical (unpaired) electrons. The molecule has 1 saturated carbocycles. The van der Waals surface area contributed by atoms with Crippen molar-refractivity contribution >= 4 is 16.5 Å². The number of nitrogens with zero attached hydrogens (tertiary/aromatic N) is 2. The van der Waals surface area contributed by atoms with Gasteiger partial charge >= 0.3 is 0 Å². The van der Waals surface area contributed by atoms with Gasteiger partial charge in [-0.3, -0.25) is 9.69 Å². The summed E-state index contributed by atoms with van der Waals surface area (Å²) in [6, 6.07) is 13.9. The van der Waals surface area contributed by atoms with Gasteiger partial charge in [0, 0.05) is 49.5 Å². The van der Waals surface area contributed by atoms with E-state index in [4.69, 9.17) is 0 Å². The number of hydrogen-bond donors (Lipinski definition) is 1. The lowest BCUT2D eigenvalue weighted by atomic mass is 10.00. The topological polar surface area (TPSA) is 39.3 Å².